The maximum absolute atomic E-state index is 11.0. The highest BCUT2D eigenvalue weighted by Crippen LogP contribution is 2.12. The lowest BCUT2D eigenvalue weighted by atomic mass is 10.0. The van der Waals surface area contributed by atoms with Gasteiger partial charge in [-0.15, -0.1) is 0 Å². The number of carbonyl (C=O) groups excluding carboxylic acids is 1. The first kappa shape index (κ1) is 16.4. The van der Waals surface area contributed by atoms with Crippen LogP contribution in [0.2, 0.25) is 0 Å². The molecule has 0 spiro atoms. The van der Waals surface area contributed by atoms with Crippen LogP contribution in [0.4, 0.5) is 0 Å². The van der Waals surface area contributed by atoms with E-state index in [1.54, 1.807) is 0 Å². The zero-order valence-electron chi connectivity index (χ0n) is 12.4. The van der Waals surface area contributed by atoms with E-state index in [9.17, 15) is 4.79 Å². The third kappa shape index (κ3) is 8.93. The molecule has 1 aliphatic heterocycles. The van der Waals surface area contributed by atoms with E-state index in [1.807, 2.05) is 0 Å². The van der Waals surface area contributed by atoms with Gasteiger partial charge in [-0.2, -0.15) is 0 Å². The summed E-state index contributed by atoms with van der Waals surface area (Å²) in [6.07, 6.45) is 12.6. The van der Waals surface area contributed by atoms with Gasteiger partial charge < -0.3 is 9.53 Å². The molecule has 0 aromatic heterocycles. The van der Waals surface area contributed by atoms with Crippen LogP contribution in [0.25, 0.3) is 0 Å². The summed E-state index contributed by atoms with van der Waals surface area (Å²) in [6.45, 7) is 4.47. The second-order valence-electron chi connectivity index (χ2n) is 5.70. The molecule has 0 amide bonds. The van der Waals surface area contributed by atoms with Crippen LogP contribution in [0.15, 0.2) is 4.99 Å². The maximum Gasteiger partial charge on any atom is 0.125 e. The van der Waals surface area contributed by atoms with Crippen molar-refractivity contribution in [1.82, 2.24) is 0 Å². The summed E-state index contributed by atoms with van der Waals surface area (Å²) in [5.74, 6) is 0.569. The van der Waals surface area contributed by atoms with Crippen molar-refractivity contribution in [3.63, 3.8) is 0 Å². The number of nitrogens with zero attached hydrogens (tertiary/aromatic N) is 1. The number of ether oxygens (including phenoxy) is 1. The lowest BCUT2D eigenvalue weighted by Gasteiger charge is -2.12. The van der Waals surface area contributed by atoms with Crippen molar-refractivity contribution in [1.29, 1.82) is 0 Å². The van der Waals surface area contributed by atoms with Crippen molar-refractivity contribution in [3.05, 3.63) is 0 Å². The predicted octanol–water partition coefficient (Wildman–Crippen LogP) is 3.66. The van der Waals surface area contributed by atoms with Crippen LogP contribution in [0.1, 0.15) is 58.3 Å². The zero-order valence-corrected chi connectivity index (χ0v) is 12.4. The summed E-state index contributed by atoms with van der Waals surface area (Å²) in [7, 11) is 0. The van der Waals surface area contributed by atoms with E-state index in [-0.39, 0.29) is 5.92 Å². The number of aldehydes is 1. The smallest absolute Gasteiger partial charge is 0.125 e. The fourth-order valence-corrected chi connectivity index (χ4v) is 2.34. The van der Waals surface area contributed by atoms with Gasteiger partial charge in [-0.25, -0.2) is 0 Å². The minimum Gasteiger partial charge on any atom is -0.381 e. The predicted molar refractivity (Wildman–Crippen MR) is 79.8 cm³/mol. The third-order valence-corrected chi connectivity index (χ3v) is 3.71. The van der Waals surface area contributed by atoms with Crippen LogP contribution in [-0.4, -0.2) is 32.3 Å². The molecule has 0 fully saturated rings. The number of carbonyl (C=O) groups is 1. The first-order chi connectivity index (χ1) is 9.33. The summed E-state index contributed by atoms with van der Waals surface area (Å²) in [5, 5.41) is 0. The first-order valence-electron chi connectivity index (χ1n) is 7.86. The molecule has 2 atom stereocenters. The molecule has 0 bridgehead atoms. The van der Waals surface area contributed by atoms with Gasteiger partial charge in [0, 0.05) is 25.3 Å². The largest absolute Gasteiger partial charge is 0.381 e. The normalized spacial score (nSPS) is 28.9. The SMILES string of the molecule is CC1C=NCCCCCCCCC(C=O)COCC1. The monoisotopic (exact) mass is 267 g/mol. The van der Waals surface area contributed by atoms with Gasteiger partial charge in [0.15, 0.2) is 0 Å². The Balaban J connectivity index is 2.32. The van der Waals surface area contributed by atoms with Gasteiger partial charge in [0.1, 0.15) is 6.29 Å². The van der Waals surface area contributed by atoms with Gasteiger partial charge in [0.05, 0.1) is 6.61 Å². The Bertz CT molecular complexity index is 253. The van der Waals surface area contributed by atoms with Gasteiger partial charge >= 0.3 is 0 Å². The van der Waals surface area contributed by atoms with E-state index < -0.39 is 0 Å². The second-order valence-corrected chi connectivity index (χ2v) is 5.70. The fraction of sp³-hybridized carbons (Fsp3) is 0.875. The van der Waals surface area contributed by atoms with Gasteiger partial charge in [-0.1, -0.05) is 39.0 Å². The number of hydrogen-bond acceptors (Lipinski definition) is 3. The van der Waals surface area contributed by atoms with Gasteiger partial charge in [0.2, 0.25) is 0 Å². The fourth-order valence-electron chi connectivity index (χ4n) is 2.34. The Morgan fingerprint density at radius 3 is 2.63 bits per heavy atom. The van der Waals surface area contributed by atoms with Crippen LogP contribution >= 0.6 is 0 Å². The quantitative estimate of drug-likeness (QED) is 0.680. The molecule has 0 aliphatic carbocycles. The summed E-state index contributed by atoms with van der Waals surface area (Å²) < 4.78 is 5.62. The van der Waals surface area contributed by atoms with Crippen molar-refractivity contribution in [2.75, 3.05) is 19.8 Å². The molecule has 2 unspecified atom stereocenters. The molecular formula is C16H29NO2. The number of rotatable bonds is 1. The molecule has 0 aromatic rings. The second kappa shape index (κ2) is 11.2. The van der Waals surface area contributed by atoms with Gasteiger partial charge in [-0.05, 0) is 25.2 Å². The highest BCUT2D eigenvalue weighted by molar-refractivity contribution is 5.60. The van der Waals surface area contributed by atoms with Crippen LogP contribution in [0.5, 0.6) is 0 Å². The molecule has 1 rings (SSSR count). The Morgan fingerprint density at radius 2 is 1.84 bits per heavy atom. The molecule has 0 radical (unpaired) electrons. The van der Waals surface area contributed by atoms with Crippen LogP contribution in [0.3, 0.4) is 0 Å². The lowest BCUT2D eigenvalue weighted by Crippen LogP contribution is -2.13. The molecule has 3 heteroatoms. The highest BCUT2D eigenvalue weighted by atomic mass is 16.5. The molecule has 19 heavy (non-hydrogen) atoms. The zero-order chi connectivity index (χ0) is 13.8. The number of aliphatic imine (C=N–C) groups is 1. The molecule has 1 aliphatic rings. The molecular weight excluding hydrogens is 238 g/mol. The highest BCUT2D eigenvalue weighted by Gasteiger charge is 2.08. The summed E-state index contributed by atoms with van der Waals surface area (Å²) >= 11 is 0. The molecule has 110 valence electrons. The van der Waals surface area contributed by atoms with Crippen LogP contribution in [0, 0.1) is 11.8 Å². The van der Waals surface area contributed by atoms with Crippen molar-refractivity contribution in [3.8, 4) is 0 Å². The lowest BCUT2D eigenvalue weighted by molar-refractivity contribution is -0.113. The van der Waals surface area contributed by atoms with E-state index in [2.05, 4.69) is 18.1 Å². The molecule has 0 aromatic carbocycles. The summed E-state index contributed by atoms with van der Waals surface area (Å²) in [5.41, 5.74) is 0. The minimum absolute atomic E-state index is 0.0943. The van der Waals surface area contributed by atoms with Crippen LogP contribution in [-0.2, 0) is 9.53 Å². The van der Waals surface area contributed by atoms with Gasteiger partial charge in [-0.3, -0.25) is 4.99 Å². The Morgan fingerprint density at radius 1 is 1.11 bits per heavy atom. The topological polar surface area (TPSA) is 38.7 Å². The van der Waals surface area contributed by atoms with Crippen molar-refractivity contribution >= 4 is 12.5 Å². The average Bonchev–Trinajstić information content (AvgIpc) is 2.41. The third-order valence-electron chi connectivity index (χ3n) is 3.71. The summed E-state index contributed by atoms with van der Waals surface area (Å²) in [4.78, 5) is 15.4. The molecule has 0 N–H and O–H groups in total. The van der Waals surface area contributed by atoms with E-state index >= 15 is 0 Å². The Hall–Kier alpha value is -0.700. The summed E-state index contributed by atoms with van der Waals surface area (Å²) in [6, 6.07) is 0. The average molecular weight is 267 g/mol. The van der Waals surface area contributed by atoms with Crippen molar-refractivity contribution < 1.29 is 9.53 Å². The molecule has 3 nitrogen and oxygen atoms in total. The van der Waals surface area contributed by atoms with Crippen molar-refractivity contribution in [2.45, 2.75) is 58.3 Å². The standard InChI is InChI=1S/C16H29NO2/c1-15-9-11-19-14-16(13-18)8-6-4-2-3-5-7-10-17-12-15/h12-13,15-16H,2-11,14H2,1H3. The molecule has 0 saturated carbocycles. The molecule has 0 saturated heterocycles. The first-order valence-corrected chi connectivity index (χ1v) is 7.86. The Labute approximate surface area is 117 Å². The van der Waals surface area contributed by atoms with Gasteiger partial charge in [0.25, 0.3) is 0 Å². The maximum atomic E-state index is 11.0. The minimum atomic E-state index is 0.0943. The Kier molecular flexibility index (Phi) is 9.60. The van der Waals surface area contributed by atoms with E-state index in [1.165, 1.54) is 32.1 Å². The number of hydrogen-bond donors (Lipinski definition) is 0. The van der Waals surface area contributed by atoms with E-state index in [0.29, 0.717) is 12.5 Å². The van der Waals surface area contributed by atoms with E-state index in [0.717, 1.165) is 38.7 Å². The van der Waals surface area contributed by atoms with Crippen molar-refractivity contribution in [2.24, 2.45) is 16.8 Å². The van der Waals surface area contributed by atoms with E-state index in [4.69, 9.17) is 4.74 Å². The molecule has 1 heterocycles. The van der Waals surface area contributed by atoms with Crippen LogP contribution < -0.4 is 0 Å².